The largest absolute Gasteiger partial charge is 0.438 e. The molecular formula is C10H15NO2. The molecule has 0 aromatic carbocycles. The molecule has 1 heterocycles. The maximum absolute atomic E-state index is 10.4. The Morgan fingerprint density at radius 2 is 2.23 bits per heavy atom. The van der Waals surface area contributed by atoms with Gasteiger partial charge in [0, 0.05) is 18.7 Å². The van der Waals surface area contributed by atoms with Crippen molar-refractivity contribution in [3.63, 3.8) is 0 Å². The molecule has 0 saturated carbocycles. The molecule has 1 aromatic rings. The average Bonchev–Trinajstić information content (AvgIpc) is 2.53. The zero-order valence-corrected chi connectivity index (χ0v) is 8.28. The van der Waals surface area contributed by atoms with Crippen molar-refractivity contribution in [1.82, 2.24) is 0 Å². The number of anilines is 1. The molecule has 0 atom stereocenters. The van der Waals surface area contributed by atoms with Crippen LogP contribution in [0, 0.1) is 0 Å². The van der Waals surface area contributed by atoms with Crippen molar-refractivity contribution >= 4 is 12.2 Å². The molecule has 0 unspecified atom stereocenters. The highest BCUT2D eigenvalue weighted by molar-refractivity contribution is 5.71. The van der Waals surface area contributed by atoms with Crippen LogP contribution in [0.25, 0.3) is 0 Å². The van der Waals surface area contributed by atoms with Crippen molar-refractivity contribution in [2.45, 2.75) is 26.8 Å². The maximum Gasteiger partial charge on any atom is 0.196 e. The maximum atomic E-state index is 10.4. The smallest absolute Gasteiger partial charge is 0.196 e. The van der Waals surface area contributed by atoms with Crippen molar-refractivity contribution in [2.75, 3.05) is 11.4 Å². The SMILES string of the molecule is CCN(c1ccc(C=O)o1)C(C)C. The van der Waals surface area contributed by atoms with E-state index < -0.39 is 0 Å². The monoisotopic (exact) mass is 181 g/mol. The summed E-state index contributed by atoms with van der Waals surface area (Å²) in [5, 5.41) is 0. The lowest BCUT2D eigenvalue weighted by Gasteiger charge is -2.24. The van der Waals surface area contributed by atoms with Crippen molar-refractivity contribution < 1.29 is 9.21 Å². The first-order chi connectivity index (χ1) is 6.19. The van der Waals surface area contributed by atoms with E-state index in [0.29, 0.717) is 11.8 Å². The predicted molar refractivity (Wildman–Crippen MR) is 52.3 cm³/mol. The highest BCUT2D eigenvalue weighted by atomic mass is 16.4. The third kappa shape index (κ3) is 2.11. The van der Waals surface area contributed by atoms with E-state index >= 15 is 0 Å². The Morgan fingerprint density at radius 3 is 2.62 bits per heavy atom. The van der Waals surface area contributed by atoms with Gasteiger partial charge < -0.3 is 9.32 Å². The van der Waals surface area contributed by atoms with E-state index in [9.17, 15) is 4.79 Å². The van der Waals surface area contributed by atoms with Gasteiger partial charge in [0.05, 0.1) is 0 Å². The topological polar surface area (TPSA) is 33.5 Å². The zero-order chi connectivity index (χ0) is 9.84. The summed E-state index contributed by atoms with van der Waals surface area (Å²) in [5.74, 6) is 1.15. The third-order valence-electron chi connectivity index (χ3n) is 1.98. The molecule has 0 aliphatic carbocycles. The number of hydrogen-bond acceptors (Lipinski definition) is 3. The fraction of sp³-hybridized carbons (Fsp3) is 0.500. The van der Waals surface area contributed by atoms with Gasteiger partial charge in [-0.25, -0.2) is 0 Å². The summed E-state index contributed by atoms with van der Waals surface area (Å²) in [6.07, 6.45) is 0.720. The molecule has 0 aliphatic heterocycles. The summed E-state index contributed by atoms with van der Waals surface area (Å²) < 4.78 is 5.30. The van der Waals surface area contributed by atoms with Gasteiger partial charge in [-0.3, -0.25) is 4.79 Å². The van der Waals surface area contributed by atoms with Crippen molar-refractivity contribution in [2.24, 2.45) is 0 Å². The van der Waals surface area contributed by atoms with Gasteiger partial charge in [-0.2, -0.15) is 0 Å². The number of hydrogen-bond donors (Lipinski definition) is 0. The van der Waals surface area contributed by atoms with Gasteiger partial charge in [-0.1, -0.05) is 0 Å². The number of rotatable bonds is 4. The van der Waals surface area contributed by atoms with Crippen molar-refractivity contribution in [3.05, 3.63) is 17.9 Å². The van der Waals surface area contributed by atoms with Crippen LogP contribution >= 0.6 is 0 Å². The zero-order valence-electron chi connectivity index (χ0n) is 8.28. The van der Waals surface area contributed by atoms with E-state index in [1.807, 2.05) is 6.07 Å². The lowest BCUT2D eigenvalue weighted by atomic mass is 10.3. The molecule has 1 rings (SSSR count). The molecule has 0 saturated heterocycles. The van der Waals surface area contributed by atoms with Gasteiger partial charge in [0.15, 0.2) is 17.9 Å². The number of carbonyl (C=O) groups is 1. The molecule has 0 amide bonds. The first kappa shape index (κ1) is 9.84. The molecule has 0 bridgehead atoms. The number of furan rings is 1. The number of carbonyl (C=O) groups excluding carboxylic acids is 1. The second-order valence-electron chi connectivity index (χ2n) is 3.17. The van der Waals surface area contributed by atoms with Crippen LogP contribution in [-0.4, -0.2) is 18.9 Å². The van der Waals surface area contributed by atoms with Gasteiger partial charge in [0.25, 0.3) is 0 Å². The van der Waals surface area contributed by atoms with Crippen LogP contribution in [0.15, 0.2) is 16.5 Å². The van der Waals surface area contributed by atoms with Gasteiger partial charge in [0.2, 0.25) is 0 Å². The normalized spacial score (nSPS) is 10.5. The molecule has 3 heteroatoms. The molecule has 72 valence electrons. The number of nitrogens with zero attached hydrogens (tertiary/aromatic N) is 1. The molecular weight excluding hydrogens is 166 g/mol. The fourth-order valence-electron chi connectivity index (χ4n) is 1.34. The summed E-state index contributed by atoms with van der Waals surface area (Å²) in [6, 6.07) is 3.90. The van der Waals surface area contributed by atoms with E-state index in [4.69, 9.17) is 4.42 Å². The lowest BCUT2D eigenvalue weighted by molar-refractivity contribution is 0.110. The Balaban J connectivity index is 2.85. The Morgan fingerprint density at radius 1 is 1.54 bits per heavy atom. The Hall–Kier alpha value is -1.25. The molecule has 0 fully saturated rings. The molecule has 1 aromatic heterocycles. The minimum absolute atomic E-state index is 0.383. The van der Waals surface area contributed by atoms with Crippen LogP contribution < -0.4 is 4.90 Å². The Bertz CT molecular complexity index is 278. The molecule has 0 aliphatic rings. The molecule has 3 nitrogen and oxygen atoms in total. The van der Waals surface area contributed by atoms with Crippen LogP contribution in [0.4, 0.5) is 5.88 Å². The average molecular weight is 181 g/mol. The second kappa shape index (κ2) is 4.12. The summed E-state index contributed by atoms with van der Waals surface area (Å²) in [5.41, 5.74) is 0. The molecule has 0 spiro atoms. The van der Waals surface area contributed by atoms with Gasteiger partial charge in [-0.05, 0) is 26.8 Å². The van der Waals surface area contributed by atoms with E-state index in [0.717, 1.165) is 18.7 Å². The second-order valence-corrected chi connectivity index (χ2v) is 3.17. The fourth-order valence-corrected chi connectivity index (χ4v) is 1.34. The van der Waals surface area contributed by atoms with Crippen LogP contribution in [0.2, 0.25) is 0 Å². The van der Waals surface area contributed by atoms with Crippen LogP contribution in [-0.2, 0) is 0 Å². The van der Waals surface area contributed by atoms with E-state index in [1.165, 1.54) is 0 Å². The minimum Gasteiger partial charge on any atom is -0.438 e. The van der Waals surface area contributed by atoms with Crippen molar-refractivity contribution in [1.29, 1.82) is 0 Å². The van der Waals surface area contributed by atoms with E-state index in [1.54, 1.807) is 6.07 Å². The number of aldehydes is 1. The molecule has 0 radical (unpaired) electrons. The van der Waals surface area contributed by atoms with Gasteiger partial charge >= 0.3 is 0 Å². The van der Waals surface area contributed by atoms with Crippen LogP contribution in [0.3, 0.4) is 0 Å². The van der Waals surface area contributed by atoms with Crippen molar-refractivity contribution in [3.8, 4) is 0 Å². The first-order valence-corrected chi connectivity index (χ1v) is 4.50. The summed E-state index contributed by atoms with van der Waals surface area (Å²) in [6.45, 7) is 7.12. The summed E-state index contributed by atoms with van der Waals surface area (Å²) >= 11 is 0. The first-order valence-electron chi connectivity index (χ1n) is 4.50. The van der Waals surface area contributed by atoms with Gasteiger partial charge in [0.1, 0.15) is 0 Å². The van der Waals surface area contributed by atoms with E-state index in [-0.39, 0.29) is 0 Å². The van der Waals surface area contributed by atoms with Crippen LogP contribution in [0.1, 0.15) is 31.3 Å². The quantitative estimate of drug-likeness (QED) is 0.668. The highest BCUT2D eigenvalue weighted by Gasteiger charge is 2.11. The van der Waals surface area contributed by atoms with E-state index in [2.05, 4.69) is 25.7 Å². The summed E-state index contributed by atoms with van der Waals surface area (Å²) in [4.78, 5) is 12.5. The van der Waals surface area contributed by atoms with Gasteiger partial charge in [-0.15, -0.1) is 0 Å². The standard InChI is InChI=1S/C10H15NO2/c1-4-11(8(2)3)10-6-5-9(7-12)13-10/h5-8H,4H2,1-3H3. The summed E-state index contributed by atoms with van der Waals surface area (Å²) in [7, 11) is 0. The molecule has 13 heavy (non-hydrogen) atoms. The Kier molecular flexibility index (Phi) is 3.12. The third-order valence-corrected chi connectivity index (χ3v) is 1.98. The molecule has 0 N–H and O–H groups in total. The van der Waals surface area contributed by atoms with Crippen LogP contribution in [0.5, 0.6) is 0 Å². The Labute approximate surface area is 78.3 Å². The lowest BCUT2D eigenvalue weighted by Crippen LogP contribution is -2.29. The highest BCUT2D eigenvalue weighted by Crippen LogP contribution is 2.19. The predicted octanol–water partition coefficient (Wildman–Crippen LogP) is 2.33. The minimum atomic E-state index is 0.383.